The molecule has 0 unspecified atom stereocenters. The first-order chi connectivity index (χ1) is 13.6. The lowest BCUT2D eigenvalue weighted by Gasteiger charge is -2.26. The summed E-state index contributed by atoms with van der Waals surface area (Å²) in [5.41, 5.74) is 2.35. The lowest BCUT2D eigenvalue weighted by atomic mass is 9.78. The van der Waals surface area contributed by atoms with Gasteiger partial charge >= 0.3 is 0 Å². The van der Waals surface area contributed by atoms with Gasteiger partial charge in [-0.15, -0.1) is 18.0 Å². The Hall–Kier alpha value is -2.19. The molecule has 0 bridgehead atoms. The molecule has 0 spiro atoms. The molecule has 2 aromatic rings. The second-order valence-electron chi connectivity index (χ2n) is 7.02. The van der Waals surface area contributed by atoms with Crippen LogP contribution in [0.2, 0.25) is 0 Å². The zero-order chi connectivity index (χ0) is 20.2. The largest absolute Gasteiger partial charge is 0.494 e. The third-order valence-corrected chi connectivity index (χ3v) is 4.85. The Morgan fingerprint density at radius 3 is 1.76 bits per heavy atom. The maximum absolute atomic E-state index is 5.76. The van der Waals surface area contributed by atoms with E-state index in [1.54, 1.807) is 0 Å². The number of hydrogen-bond acceptors (Lipinski definition) is 3. The number of alkyl halides is 1. The number of halogens is 1. The maximum Gasteiger partial charge on any atom is 0.119 e. The number of terminal acetylenes is 1. The first-order valence-corrected chi connectivity index (χ1v) is 10.1. The molecule has 0 saturated heterocycles. The molecule has 0 aliphatic carbocycles. The minimum Gasteiger partial charge on any atom is -0.494 e. The van der Waals surface area contributed by atoms with E-state index in [0.717, 1.165) is 24.3 Å². The second-order valence-corrected chi connectivity index (χ2v) is 7.40. The van der Waals surface area contributed by atoms with E-state index in [2.05, 4.69) is 44.0 Å². The standard InChI is InChI=1S/C24H29ClO3.H2O/c1-4-16-26-17-6-19-28-23-13-9-21(10-14-23)24(2,3)20-7-11-22(12-8-20)27-18-5-15-25;/h1,7-14H,5-6,15-19H2,2-3H3;1H2. The van der Waals surface area contributed by atoms with Gasteiger partial charge in [-0.05, 0) is 41.8 Å². The SMILES string of the molecule is C#CCOCCCOc1ccc(C(C)(C)c2ccc(OCCCCl)cc2)cc1.O. The summed E-state index contributed by atoms with van der Waals surface area (Å²) in [5.74, 6) is 4.80. The molecule has 158 valence electrons. The topological polar surface area (TPSA) is 59.2 Å². The van der Waals surface area contributed by atoms with Crippen LogP contribution in [0.15, 0.2) is 48.5 Å². The van der Waals surface area contributed by atoms with E-state index in [1.807, 2.05) is 24.3 Å². The molecule has 0 aliphatic rings. The van der Waals surface area contributed by atoms with Crippen molar-refractivity contribution in [1.82, 2.24) is 0 Å². The van der Waals surface area contributed by atoms with E-state index >= 15 is 0 Å². The number of benzene rings is 2. The van der Waals surface area contributed by atoms with Crippen LogP contribution in [0.25, 0.3) is 0 Å². The summed E-state index contributed by atoms with van der Waals surface area (Å²) in [6.45, 7) is 6.65. The van der Waals surface area contributed by atoms with E-state index < -0.39 is 0 Å². The van der Waals surface area contributed by atoms with Crippen LogP contribution in [0, 0.1) is 12.3 Å². The van der Waals surface area contributed by atoms with Crippen molar-refractivity contribution >= 4 is 11.6 Å². The average Bonchev–Trinajstić information content (AvgIpc) is 2.71. The van der Waals surface area contributed by atoms with E-state index in [0.29, 0.717) is 32.3 Å². The van der Waals surface area contributed by atoms with Crippen LogP contribution in [0.3, 0.4) is 0 Å². The highest BCUT2D eigenvalue weighted by Crippen LogP contribution is 2.33. The Morgan fingerprint density at radius 2 is 1.31 bits per heavy atom. The monoisotopic (exact) mass is 418 g/mol. The van der Waals surface area contributed by atoms with Gasteiger partial charge in [0.05, 0.1) is 19.8 Å². The van der Waals surface area contributed by atoms with Gasteiger partial charge in [-0.1, -0.05) is 44.0 Å². The molecule has 0 amide bonds. The van der Waals surface area contributed by atoms with E-state index in [9.17, 15) is 0 Å². The normalized spacial score (nSPS) is 10.7. The minimum atomic E-state index is -0.115. The van der Waals surface area contributed by atoms with Crippen molar-refractivity contribution in [2.45, 2.75) is 32.1 Å². The molecule has 0 atom stereocenters. The molecule has 2 N–H and O–H groups in total. The van der Waals surface area contributed by atoms with Gasteiger partial charge in [0.15, 0.2) is 0 Å². The average molecular weight is 419 g/mol. The number of rotatable bonds is 12. The van der Waals surface area contributed by atoms with Gasteiger partial charge in [0.25, 0.3) is 0 Å². The van der Waals surface area contributed by atoms with Gasteiger partial charge in [0, 0.05) is 17.7 Å². The fourth-order valence-corrected chi connectivity index (χ4v) is 2.94. The molecule has 0 aliphatic heterocycles. The molecule has 5 heteroatoms. The second kappa shape index (κ2) is 13.1. The predicted octanol–water partition coefficient (Wildman–Crippen LogP) is 4.61. The van der Waals surface area contributed by atoms with Crippen molar-refractivity contribution in [3.05, 3.63) is 59.7 Å². The Morgan fingerprint density at radius 1 is 0.828 bits per heavy atom. The molecule has 4 nitrogen and oxygen atoms in total. The lowest BCUT2D eigenvalue weighted by molar-refractivity contribution is 0.147. The van der Waals surface area contributed by atoms with Gasteiger partial charge in [-0.2, -0.15) is 0 Å². The summed E-state index contributed by atoms with van der Waals surface area (Å²) < 4.78 is 16.7. The molecule has 0 aromatic heterocycles. The summed E-state index contributed by atoms with van der Waals surface area (Å²) in [4.78, 5) is 0. The zero-order valence-corrected chi connectivity index (χ0v) is 18.0. The van der Waals surface area contributed by atoms with Crippen LogP contribution in [0.4, 0.5) is 0 Å². The van der Waals surface area contributed by atoms with Crippen molar-refractivity contribution in [1.29, 1.82) is 0 Å². The van der Waals surface area contributed by atoms with Crippen molar-refractivity contribution in [3.63, 3.8) is 0 Å². The molecule has 2 rings (SSSR count). The van der Waals surface area contributed by atoms with Crippen LogP contribution >= 0.6 is 11.6 Å². The van der Waals surface area contributed by atoms with Gasteiger partial charge < -0.3 is 19.7 Å². The van der Waals surface area contributed by atoms with Crippen LogP contribution in [-0.2, 0) is 10.2 Å². The highest BCUT2D eigenvalue weighted by Gasteiger charge is 2.23. The van der Waals surface area contributed by atoms with Crippen LogP contribution in [-0.4, -0.2) is 37.8 Å². The van der Waals surface area contributed by atoms with Gasteiger partial charge in [-0.3, -0.25) is 0 Å². The summed E-state index contributed by atoms with van der Waals surface area (Å²) >= 11 is 5.68. The molecule has 29 heavy (non-hydrogen) atoms. The summed E-state index contributed by atoms with van der Waals surface area (Å²) in [6.07, 6.45) is 6.80. The first kappa shape index (κ1) is 24.8. The molecule has 0 fully saturated rings. The van der Waals surface area contributed by atoms with Crippen molar-refractivity contribution < 1.29 is 19.7 Å². The van der Waals surface area contributed by atoms with Gasteiger partial charge in [0.2, 0.25) is 0 Å². The number of ether oxygens (including phenoxy) is 3. The smallest absolute Gasteiger partial charge is 0.119 e. The zero-order valence-electron chi connectivity index (χ0n) is 17.2. The lowest BCUT2D eigenvalue weighted by Crippen LogP contribution is -2.18. The number of hydrogen-bond donors (Lipinski definition) is 0. The van der Waals surface area contributed by atoms with Crippen molar-refractivity contribution in [3.8, 4) is 23.8 Å². The molecule has 0 heterocycles. The fourth-order valence-electron chi connectivity index (χ4n) is 2.83. The van der Waals surface area contributed by atoms with Gasteiger partial charge in [-0.25, -0.2) is 0 Å². The highest BCUT2D eigenvalue weighted by atomic mass is 35.5. The Kier molecular flexibility index (Phi) is 11.2. The molecule has 2 aromatic carbocycles. The fraction of sp³-hybridized carbons (Fsp3) is 0.417. The highest BCUT2D eigenvalue weighted by molar-refractivity contribution is 6.17. The molecule has 0 saturated carbocycles. The van der Waals surface area contributed by atoms with Crippen molar-refractivity contribution in [2.24, 2.45) is 0 Å². The molecular weight excluding hydrogens is 388 g/mol. The van der Waals surface area contributed by atoms with Crippen LogP contribution in [0.1, 0.15) is 37.8 Å². The first-order valence-electron chi connectivity index (χ1n) is 9.62. The molecular formula is C24H31ClO4. The summed E-state index contributed by atoms with van der Waals surface area (Å²) in [6, 6.07) is 16.6. The van der Waals surface area contributed by atoms with E-state index in [1.165, 1.54) is 11.1 Å². The van der Waals surface area contributed by atoms with Crippen LogP contribution < -0.4 is 9.47 Å². The Balaban J connectivity index is 0.00000420. The van der Waals surface area contributed by atoms with Gasteiger partial charge in [0.1, 0.15) is 18.1 Å². The minimum absolute atomic E-state index is 0. The maximum atomic E-state index is 5.76. The van der Waals surface area contributed by atoms with E-state index in [-0.39, 0.29) is 10.9 Å². The summed E-state index contributed by atoms with van der Waals surface area (Å²) in [5, 5.41) is 0. The van der Waals surface area contributed by atoms with Crippen molar-refractivity contribution in [2.75, 3.05) is 32.3 Å². The third kappa shape index (κ3) is 7.98. The Labute approximate surface area is 179 Å². The third-order valence-electron chi connectivity index (χ3n) is 4.59. The molecule has 0 radical (unpaired) electrons. The van der Waals surface area contributed by atoms with Crippen LogP contribution in [0.5, 0.6) is 11.5 Å². The Bertz CT molecular complexity index is 733. The quantitative estimate of drug-likeness (QED) is 0.287. The predicted molar refractivity (Wildman–Crippen MR) is 119 cm³/mol. The van der Waals surface area contributed by atoms with E-state index in [4.69, 9.17) is 32.2 Å². The summed E-state index contributed by atoms with van der Waals surface area (Å²) in [7, 11) is 0.